The molecule has 1 saturated carbocycles. The first kappa shape index (κ1) is 16.0. The normalized spacial score (nSPS) is 16.8. The Morgan fingerprint density at radius 2 is 2.05 bits per heavy atom. The summed E-state index contributed by atoms with van der Waals surface area (Å²) in [5.74, 6) is -0.670. The number of hydrogen-bond donors (Lipinski definition) is 2. The third-order valence-electron chi connectivity index (χ3n) is 3.48. The Hall–Kier alpha value is -0.370. The van der Waals surface area contributed by atoms with Crippen LogP contribution >= 0.6 is 27.5 Å². The zero-order valence-electron chi connectivity index (χ0n) is 10.6. The Kier molecular flexibility index (Phi) is 4.94. The fourth-order valence-electron chi connectivity index (χ4n) is 2.31. The molecule has 112 valence electrons. The minimum atomic E-state index is -3.95. The van der Waals surface area contributed by atoms with Crippen molar-refractivity contribution in [3.8, 4) is 0 Å². The quantitative estimate of drug-likeness (QED) is 0.617. The predicted octanol–water partition coefficient (Wildman–Crippen LogP) is 3.29. The molecule has 1 fully saturated rings. The van der Waals surface area contributed by atoms with E-state index >= 15 is 0 Å². The Morgan fingerprint density at radius 3 is 2.65 bits per heavy atom. The van der Waals surface area contributed by atoms with E-state index in [0.29, 0.717) is 12.5 Å². The van der Waals surface area contributed by atoms with Gasteiger partial charge in [0.15, 0.2) is 5.82 Å². The maximum absolute atomic E-state index is 14.0. The number of nitrogens with one attached hydrogen (secondary N) is 1. The van der Waals surface area contributed by atoms with E-state index in [1.165, 1.54) is 0 Å². The highest BCUT2D eigenvalue weighted by atomic mass is 79.9. The van der Waals surface area contributed by atoms with Crippen molar-refractivity contribution in [1.29, 1.82) is 0 Å². The summed E-state index contributed by atoms with van der Waals surface area (Å²) in [4.78, 5) is -0.513. The van der Waals surface area contributed by atoms with Gasteiger partial charge in [-0.15, -0.1) is 0 Å². The van der Waals surface area contributed by atoms with Gasteiger partial charge < -0.3 is 5.73 Å². The molecule has 1 aromatic carbocycles. The minimum absolute atomic E-state index is 0.0603. The molecular weight excluding hydrogens is 371 g/mol. The molecule has 1 aliphatic carbocycles. The van der Waals surface area contributed by atoms with Gasteiger partial charge >= 0.3 is 0 Å². The predicted molar refractivity (Wildman–Crippen MR) is 80.7 cm³/mol. The molecular formula is C12H15BrClFN2O2S. The molecule has 0 atom stereocenters. The fourth-order valence-corrected chi connectivity index (χ4v) is 4.11. The first-order valence-electron chi connectivity index (χ1n) is 6.25. The van der Waals surface area contributed by atoms with Crippen LogP contribution in [-0.4, -0.2) is 15.0 Å². The second-order valence-corrected chi connectivity index (χ2v) is 7.84. The van der Waals surface area contributed by atoms with E-state index in [2.05, 4.69) is 20.7 Å². The number of hydrogen-bond acceptors (Lipinski definition) is 3. The maximum atomic E-state index is 14.0. The van der Waals surface area contributed by atoms with Crippen LogP contribution in [0, 0.1) is 11.7 Å². The summed E-state index contributed by atoms with van der Waals surface area (Å²) < 4.78 is 40.9. The molecule has 0 heterocycles. The minimum Gasteiger partial charge on any atom is -0.395 e. The van der Waals surface area contributed by atoms with Gasteiger partial charge in [-0.3, -0.25) is 0 Å². The first-order chi connectivity index (χ1) is 9.33. The molecule has 1 aliphatic rings. The molecule has 1 aromatic rings. The number of anilines is 1. The van der Waals surface area contributed by atoms with Gasteiger partial charge in [0, 0.05) is 6.54 Å². The van der Waals surface area contributed by atoms with E-state index in [4.69, 9.17) is 17.3 Å². The second kappa shape index (κ2) is 6.17. The monoisotopic (exact) mass is 384 g/mol. The number of rotatable bonds is 4. The van der Waals surface area contributed by atoms with Crippen LogP contribution in [0.25, 0.3) is 0 Å². The molecule has 0 unspecified atom stereocenters. The molecule has 0 radical (unpaired) electrons. The van der Waals surface area contributed by atoms with Crippen LogP contribution < -0.4 is 10.5 Å². The van der Waals surface area contributed by atoms with Crippen molar-refractivity contribution in [3.05, 3.63) is 21.4 Å². The fraction of sp³-hybridized carbons (Fsp3) is 0.500. The number of benzene rings is 1. The largest absolute Gasteiger partial charge is 0.395 e. The van der Waals surface area contributed by atoms with Crippen molar-refractivity contribution in [2.24, 2.45) is 5.92 Å². The highest BCUT2D eigenvalue weighted by Crippen LogP contribution is 2.34. The van der Waals surface area contributed by atoms with Crippen LogP contribution in [0.5, 0.6) is 0 Å². The number of halogens is 3. The Balaban J connectivity index is 2.25. The third-order valence-corrected chi connectivity index (χ3v) is 6.29. The van der Waals surface area contributed by atoms with Crippen molar-refractivity contribution in [2.45, 2.75) is 30.6 Å². The van der Waals surface area contributed by atoms with Gasteiger partial charge in [0.1, 0.15) is 4.90 Å². The van der Waals surface area contributed by atoms with Gasteiger partial charge in [-0.2, -0.15) is 0 Å². The lowest BCUT2D eigenvalue weighted by Crippen LogP contribution is -2.29. The summed E-state index contributed by atoms with van der Waals surface area (Å²) in [6, 6.07) is 1.06. The van der Waals surface area contributed by atoms with Crippen molar-refractivity contribution in [2.75, 3.05) is 12.3 Å². The van der Waals surface area contributed by atoms with Gasteiger partial charge in [0.2, 0.25) is 10.0 Å². The molecule has 3 N–H and O–H groups in total. The van der Waals surface area contributed by atoms with E-state index in [1.54, 1.807) is 0 Å². The number of sulfonamides is 1. The molecule has 0 saturated heterocycles. The second-order valence-electron chi connectivity index (χ2n) is 4.90. The highest BCUT2D eigenvalue weighted by molar-refractivity contribution is 9.10. The van der Waals surface area contributed by atoms with E-state index < -0.39 is 20.7 Å². The van der Waals surface area contributed by atoms with Gasteiger partial charge in [-0.25, -0.2) is 17.5 Å². The Morgan fingerprint density at radius 1 is 1.45 bits per heavy atom. The van der Waals surface area contributed by atoms with E-state index in [1.807, 2.05) is 0 Å². The lowest BCUT2D eigenvalue weighted by Gasteiger charge is -2.13. The van der Waals surface area contributed by atoms with Crippen molar-refractivity contribution in [3.63, 3.8) is 0 Å². The first-order valence-corrected chi connectivity index (χ1v) is 8.91. The van der Waals surface area contributed by atoms with Gasteiger partial charge in [-0.1, -0.05) is 24.4 Å². The standard InChI is InChI=1S/C12H15BrClFN2O2S/c13-10-8(14)5-9(11(15)12(10)16)20(18,19)17-6-7-3-1-2-4-7/h5,7,17H,1-4,6,16H2. The summed E-state index contributed by atoms with van der Waals surface area (Å²) in [5.41, 5.74) is 5.19. The van der Waals surface area contributed by atoms with E-state index in [-0.39, 0.29) is 15.2 Å². The van der Waals surface area contributed by atoms with Crippen LogP contribution in [0.1, 0.15) is 25.7 Å². The van der Waals surface area contributed by atoms with Gasteiger partial charge in [0.05, 0.1) is 15.2 Å². The molecule has 0 spiro atoms. The molecule has 2 rings (SSSR count). The van der Waals surface area contributed by atoms with Crippen LogP contribution in [0.4, 0.5) is 10.1 Å². The zero-order chi connectivity index (χ0) is 14.9. The molecule has 0 amide bonds. The smallest absolute Gasteiger partial charge is 0.243 e. The number of nitrogen functional groups attached to an aromatic ring is 1. The summed E-state index contributed by atoms with van der Waals surface area (Å²) in [7, 11) is -3.95. The van der Waals surface area contributed by atoms with Crippen molar-refractivity contribution < 1.29 is 12.8 Å². The molecule has 20 heavy (non-hydrogen) atoms. The van der Waals surface area contributed by atoms with Crippen LogP contribution in [0.3, 0.4) is 0 Å². The maximum Gasteiger partial charge on any atom is 0.243 e. The Bertz CT molecular complexity index is 618. The van der Waals surface area contributed by atoms with Gasteiger partial charge in [-0.05, 0) is 40.8 Å². The average Bonchev–Trinajstić information content (AvgIpc) is 2.91. The third kappa shape index (κ3) is 3.27. The summed E-state index contributed by atoms with van der Waals surface area (Å²) in [6.45, 7) is 0.315. The molecule has 0 bridgehead atoms. The molecule has 8 heteroatoms. The van der Waals surface area contributed by atoms with Crippen LogP contribution in [0.15, 0.2) is 15.4 Å². The highest BCUT2D eigenvalue weighted by Gasteiger charge is 2.25. The van der Waals surface area contributed by atoms with E-state index in [0.717, 1.165) is 31.7 Å². The molecule has 0 aliphatic heterocycles. The van der Waals surface area contributed by atoms with E-state index in [9.17, 15) is 12.8 Å². The SMILES string of the molecule is Nc1c(F)c(S(=O)(=O)NCC2CCCC2)cc(Cl)c1Br. The number of nitrogens with two attached hydrogens (primary N) is 1. The lowest BCUT2D eigenvalue weighted by atomic mass is 10.1. The summed E-state index contributed by atoms with van der Waals surface area (Å²) in [6.07, 6.45) is 4.21. The topological polar surface area (TPSA) is 72.2 Å². The summed E-state index contributed by atoms with van der Waals surface area (Å²) in [5, 5.41) is 0.0603. The van der Waals surface area contributed by atoms with Crippen LogP contribution in [0.2, 0.25) is 5.02 Å². The van der Waals surface area contributed by atoms with Crippen LogP contribution in [-0.2, 0) is 10.0 Å². The Labute approximate surface area is 131 Å². The average molecular weight is 386 g/mol. The van der Waals surface area contributed by atoms with Gasteiger partial charge in [0.25, 0.3) is 0 Å². The molecule has 0 aromatic heterocycles. The zero-order valence-corrected chi connectivity index (χ0v) is 13.8. The van der Waals surface area contributed by atoms with Crippen molar-refractivity contribution in [1.82, 2.24) is 4.72 Å². The lowest BCUT2D eigenvalue weighted by molar-refractivity contribution is 0.514. The van der Waals surface area contributed by atoms with Crippen molar-refractivity contribution >= 4 is 43.2 Å². The summed E-state index contributed by atoms with van der Waals surface area (Å²) >= 11 is 8.85. The molecule has 4 nitrogen and oxygen atoms in total.